The first-order valence-corrected chi connectivity index (χ1v) is 9.98. The van der Waals surface area contributed by atoms with E-state index in [0.29, 0.717) is 30.7 Å². The van der Waals surface area contributed by atoms with Gasteiger partial charge in [0.2, 0.25) is 0 Å². The third kappa shape index (κ3) is 3.57. The summed E-state index contributed by atoms with van der Waals surface area (Å²) < 4.78 is 10.8. The second-order valence-corrected chi connectivity index (χ2v) is 7.58. The summed E-state index contributed by atoms with van der Waals surface area (Å²) in [6.45, 7) is 2.78. The fourth-order valence-corrected chi connectivity index (χ4v) is 4.10. The van der Waals surface area contributed by atoms with Gasteiger partial charge in [-0.15, -0.1) is 0 Å². The van der Waals surface area contributed by atoms with Crippen molar-refractivity contribution in [2.24, 2.45) is 0 Å². The molecule has 0 unspecified atom stereocenters. The number of rotatable bonds is 6. The Balaban J connectivity index is 1.78. The van der Waals surface area contributed by atoms with Crippen LogP contribution >= 0.6 is 0 Å². The number of fused-ring (bicyclic) bond motifs is 1. The van der Waals surface area contributed by atoms with Crippen molar-refractivity contribution in [3.8, 4) is 5.75 Å². The van der Waals surface area contributed by atoms with E-state index in [1.54, 1.807) is 43.8 Å². The Morgan fingerprint density at radius 1 is 1.33 bits per heavy atom. The number of carbonyl (C=O) groups excluding carboxylic acids is 2. The topological polar surface area (TPSA) is 89.0 Å². The molecule has 2 aliphatic rings. The van der Waals surface area contributed by atoms with Gasteiger partial charge in [-0.05, 0) is 48.7 Å². The highest BCUT2D eigenvalue weighted by Gasteiger charge is 2.46. The van der Waals surface area contributed by atoms with Crippen molar-refractivity contribution in [2.45, 2.75) is 31.9 Å². The molecule has 0 radical (unpaired) electrons. The van der Waals surface area contributed by atoms with Crippen molar-refractivity contribution in [2.75, 3.05) is 20.3 Å². The molecule has 2 aliphatic heterocycles. The number of methoxy groups -OCH3 is 1. The zero-order chi connectivity index (χ0) is 21.3. The summed E-state index contributed by atoms with van der Waals surface area (Å²) in [7, 11) is 1.59. The third-order valence-corrected chi connectivity index (χ3v) is 5.46. The largest absolute Gasteiger partial charge is 0.507 e. The number of amides is 1. The van der Waals surface area contributed by atoms with Gasteiger partial charge >= 0.3 is 0 Å². The van der Waals surface area contributed by atoms with Crippen LogP contribution in [0.15, 0.2) is 48.3 Å². The van der Waals surface area contributed by atoms with Crippen LogP contribution in [0.4, 0.5) is 0 Å². The highest BCUT2D eigenvalue weighted by atomic mass is 16.5. The van der Waals surface area contributed by atoms with Gasteiger partial charge in [-0.25, -0.2) is 0 Å². The number of ketones is 1. The van der Waals surface area contributed by atoms with Gasteiger partial charge in [0, 0.05) is 44.6 Å². The molecule has 0 saturated carbocycles. The average Bonchev–Trinajstić information content (AvgIpc) is 3.25. The van der Waals surface area contributed by atoms with Crippen molar-refractivity contribution in [1.82, 2.24) is 9.88 Å². The Morgan fingerprint density at radius 2 is 2.17 bits per heavy atom. The molecule has 1 aromatic carbocycles. The fourth-order valence-electron chi connectivity index (χ4n) is 4.10. The lowest BCUT2D eigenvalue weighted by molar-refractivity contribution is -0.140. The van der Waals surface area contributed by atoms with Gasteiger partial charge < -0.3 is 19.5 Å². The molecule has 1 aromatic heterocycles. The van der Waals surface area contributed by atoms with Gasteiger partial charge in [0.25, 0.3) is 11.7 Å². The normalized spacial score (nSPS) is 22.3. The highest BCUT2D eigenvalue weighted by molar-refractivity contribution is 6.46. The van der Waals surface area contributed by atoms with Gasteiger partial charge in [-0.3, -0.25) is 14.6 Å². The van der Waals surface area contributed by atoms with E-state index in [2.05, 4.69) is 4.98 Å². The van der Waals surface area contributed by atoms with Gasteiger partial charge in [-0.1, -0.05) is 6.07 Å². The summed E-state index contributed by atoms with van der Waals surface area (Å²) in [4.78, 5) is 31.4. The minimum atomic E-state index is -0.695. The zero-order valence-corrected chi connectivity index (χ0v) is 17.0. The molecule has 3 heterocycles. The van der Waals surface area contributed by atoms with Gasteiger partial charge in [-0.2, -0.15) is 0 Å². The maximum atomic E-state index is 12.9. The first-order chi connectivity index (χ1) is 14.5. The van der Waals surface area contributed by atoms with E-state index >= 15 is 0 Å². The zero-order valence-electron chi connectivity index (χ0n) is 17.0. The SMILES string of the molecule is COCCCN1C(=O)C(=O)/C(=C(/O)c2ccc3c(c2)C[C@H](C)O3)[C@@H]1c1cccnc1. The Bertz CT molecular complexity index is 1000. The van der Waals surface area contributed by atoms with Crippen molar-refractivity contribution >= 4 is 17.4 Å². The Morgan fingerprint density at radius 3 is 2.90 bits per heavy atom. The van der Waals surface area contributed by atoms with Crippen LogP contribution in [-0.2, 0) is 20.7 Å². The lowest BCUT2D eigenvalue weighted by atomic mass is 9.95. The number of Topliss-reactive ketones (excluding diaryl/α,β-unsaturated/α-hetero) is 1. The number of likely N-dealkylation sites (tertiary alicyclic amines) is 1. The van der Waals surface area contributed by atoms with E-state index in [9.17, 15) is 14.7 Å². The summed E-state index contributed by atoms with van der Waals surface area (Å²) in [5, 5.41) is 11.1. The Labute approximate surface area is 174 Å². The maximum Gasteiger partial charge on any atom is 0.295 e. The maximum absolute atomic E-state index is 12.9. The molecule has 4 rings (SSSR count). The Kier molecular flexibility index (Phi) is 5.55. The molecule has 1 saturated heterocycles. The molecule has 1 N–H and O–H groups in total. The molecule has 30 heavy (non-hydrogen) atoms. The number of ether oxygens (including phenoxy) is 2. The van der Waals surface area contributed by atoms with Crippen LogP contribution in [0, 0.1) is 0 Å². The first-order valence-electron chi connectivity index (χ1n) is 9.98. The number of aliphatic hydroxyl groups excluding tert-OH is 1. The summed E-state index contributed by atoms with van der Waals surface area (Å²) in [6, 6.07) is 8.19. The lowest BCUT2D eigenvalue weighted by Gasteiger charge is -2.25. The molecule has 2 atom stereocenters. The summed E-state index contributed by atoms with van der Waals surface area (Å²) in [5.74, 6) is -0.717. The van der Waals surface area contributed by atoms with Gasteiger partial charge in [0.1, 0.15) is 17.6 Å². The number of pyridine rings is 1. The van der Waals surface area contributed by atoms with Crippen LogP contribution in [0.25, 0.3) is 5.76 Å². The van der Waals surface area contributed by atoms with Crippen molar-refractivity contribution in [3.05, 3.63) is 65.0 Å². The standard InChI is InChI=1S/C23H24N2O5/c1-14-11-17-12-15(6-7-18(17)30-14)21(26)19-20(16-5-3-8-24-13-16)25(9-4-10-29-2)23(28)22(19)27/h3,5-8,12-14,20,26H,4,9-11H2,1-2H3/b21-19+/t14-,20-/m0/s1. The number of benzene rings is 1. The minimum absolute atomic E-state index is 0.0687. The van der Waals surface area contributed by atoms with Crippen LogP contribution in [0.1, 0.15) is 36.1 Å². The number of hydrogen-bond acceptors (Lipinski definition) is 6. The number of nitrogens with zero attached hydrogens (tertiary/aromatic N) is 2. The van der Waals surface area contributed by atoms with Crippen LogP contribution in [0.5, 0.6) is 5.75 Å². The van der Waals surface area contributed by atoms with E-state index < -0.39 is 17.7 Å². The number of hydrogen-bond donors (Lipinski definition) is 1. The second kappa shape index (κ2) is 8.28. The molecule has 7 heteroatoms. The smallest absolute Gasteiger partial charge is 0.295 e. The lowest BCUT2D eigenvalue weighted by Crippen LogP contribution is -2.31. The minimum Gasteiger partial charge on any atom is -0.507 e. The number of carbonyl (C=O) groups is 2. The average molecular weight is 408 g/mol. The highest BCUT2D eigenvalue weighted by Crippen LogP contribution is 2.40. The van der Waals surface area contributed by atoms with Crippen LogP contribution in [0.3, 0.4) is 0 Å². The van der Waals surface area contributed by atoms with E-state index in [4.69, 9.17) is 9.47 Å². The van der Waals surface area contributed by atoms with Crippen molar-refractivity contribution in [3.63, 3.8) is 0 Å². The molecule has 7 nitrogen and oxygen atoms in total. The molecule has 156 valence electrons. The molecule has 0 aliphatic carbocycles. The summed E-state index contributed by atoms with van der Waals surface area (Å²) >= 11 is 0. The molecule has 2 aromatic rings. The van der Waals surface area contributed by atoms with Gasteiger partial charge in [0.15, 0.2) is 0 Å². The van der Waals surface area contributed by atoms with E-state index in [-0.39, 0.29) is 17.4 Å². The predicted octanol–water partition coefficient (Wildman–Crippen LogP) is 2.86. The Hall–Kier alpha value is -3.19. The van der Waals surface area contributed by atoms with E-state index in [0.717, 1.165) is 17.7 Å². The number of aliphatic hydroxyl groups is 1. The van der Waals surface area contributed by atoms with Crippen molar-refractivity contribution < 1.29 is 24.2 Å². The molecule has 0 spiro atoms. The van der Waals surface area contributed by atoms with Crippen LogP contribution in [-0.4, -0.2) is 53.0 Å². The van der Waals surface area contributed by atoms with E-state index in [1.165, 1.54) is 4.90 Å². The van der Waals surface area contributed by atoms with E-state index in [1.807, 2.05) is 13.0 Å². The summed E-state index contributed by atoms with van der Waals surface area (Å²) in [6.07, 6.45) is 4.62. The van der Waals surface area contributed by atoms with Crippen LogP contribution in [0.2, 0.25) is 0 Å². The van der Waals surface area contributed by atoms with Crippen LogP contribution < -0.4 is 4.74 Å². The monoisotopic (exact) mass is 408 g/mol. The summed E-state index contributed by atoms with van der Waals surface area (Å²) in [5.41, 5.74) is 2.22. The fraction of sp³-hybridized carbons (Fsp3) is 0.348. The third-order valence-electron chi connectivity index (χ3n) is 5.46. The molecule has 0 bridgehead atoms. The second-order valence-electron chi connectivity index (χ2n) is 7.58. The molecular weight excluding hydrogens is 384 g/mol. The molecule has 1 amide bonds. The molecular formula is C23H24N2O5. The number of aromatic nitrogens is 1. The first kappa shape index (κ1) is 20.1. The van der Waals surface area contributed by atoms with Crippen molar-refractivity contribution in [1.29, 1.82) is 0 Å². The quantitative estimate of drug-likeness (QED) is 0.342. The molecule has 1 fully saturated rings. The van der Waals surface area contributed by atoms with Gasteiger partial charge in [0.05, 0.1) is 11.6 Å². The predicted molar refractivity (Wildman–Crippen MR) is 110 cm³/mol.